The van der Waals surface area contributed by atoms with Crippen molar-refractivity contribution in [1.82, 2.24) is 0 Å². The minimum Gasteiger partial charge on any atom is -0.465 e. The highest BCUT2D eigenvalue weighted by Crippen LogP contribution is 2.35. The summed E-state index contributed by atoms with van der Waals surface area (Å²) in [4.78, 5) is 10.5. The van der Waals surface area contributed by atoms with Crippen molar-refractivity contribution < 1.29 is 9.53 Å². The molecule has 0 aliphatic carbocycles. The molecule has 1 aliphatic heterocycles. The van der Waals surface area contributed by atoms with E-state index in [1.54, 1.807) is 0 Å². The third kappa shape index (κ3) is 3.72. The van der Waals surface area contributed by atoms with Crippen LogP contribution in [-0.4, -0.2) is 28.2 Å². The fraction of sp³-hybridized carbons (Fsp3) is 0.875. The Kier molecular flexibility index (Phi) is 4.29. The van der Waals surface area contributed by atoms with E-state index in [9.17, 15) is 4.79 Å². The molecule has 2 nitrogen and oxygen atoms in total. The minimum absolute atomic E-state index is 0.165. The Labute approximate surface area is 81.8 Å². The summed E-state index contributed by atoms with van der Waals surface area (Å²) in [6.45, 7) is 4.26. The molecular weight excluding hydrogens is 192 g/mol. The van der Waals surface area contributed by atoms with E-state index in [0.717, 1.165) is 6.42 Å². The number of carbonyl (C=O) groups is 1. The van der Waals surface area contributed by atoms with Crippen molar-refractivity contribution in [2.24, 2.45) is 0 Å². The summed E-state index contributed by atoms with van der Waals surface area (Å²) in [5.41, 5.74) is 0. The topological polar surface area (TPSA) is 26.3 Å². The second-order valence-electron chi connectivity index (χ2n) is 2.79. The minimum atomic E-state index is -0.165. The molecule has 1 fully saturated rings. The highest BCUT2D eigenvalue weighted by molar-refractivity contribution is 8.17. The largest absolute Gasteiger partial charge is 0.465 e. The lowest BCUT2D eigenvalue weighted by molar-refractivity contribution is -0.140. The second kappa shape index (κ2) is 5.02. The third-order valence-corrected chi connectivity index (χ3v) is 4.47. The standard InChI is InChI=1S/C8H14O2S2/c1-6(9)10-5-8-3-4-11-7(2)12-8/h7-8H,3-5H2,1-2H3. The van der Waals surface area contributed by atoms with Gasteiger partial charge in [-0.3, -0.25) is 4.79 Å². The van der Waals surface area contributed by atoms with Gasteiger partial charge in [-0.25, -0.2) is 0 Å². The average molecular weight is 206 g/mol. The van der Waals surface area contributed by atoms with E-state index in [1.807, 2.05) is 23.5 Å². The zero-order valence-corrected chi connectivity index (χ0v) is 9.04. The first-order chi connectivity index (χ1) is 5.68. The summed E-state index contributed by atoms with van der Waals surface area (Å²) in [5, 5.41) is 0.519. The molecule has 0 saturated carbocycles. The normalized spacial score (nSPS) is 29.8. The van der Waals surface area contributed by atoms with Gasteiger partial charge in [0.25, 0.3) is 0 Å². The van der Waals surface area contributed by atoms with Gasteiger partial charge >= 0.3 is 5.97 Å². The molecule has 0 N–H and O–H groups in total. The lowest BCUT2D eigenvalue weighted by atomic mass is 10.3. The van der Waals surface area contributed by atoms with E-state index < -0.39 is 0 Å². The van der Waals surface area contributed by atoms with Gasteiger partial charge in [-0.15, -0.1) is 23.5 Å². The Morgan fingerprint density at radius 1 is 1.67 bits per heavy atom. The van der Waals surface area contributed by atoms with Crippen LogP contribution in [0.3, 0.4) is 0 Å². The van der Waals surface area contributed by atoms with E-state index in [2.05, 4.69) is 6.92 Å². The second-order valence-corrected chi connectivity index (χ2v) is 6.18. The maximum absolute atomic E-state index is 10.5. The van der Waals surface area contributed by atoms with Gasteiger partial charge in [0.2, 0.25) is 0 Å². The lowest BCUT2D eigenvalue weighted by Crippen LogP contribution is -2.21. The van der Waals surface area contributed by atoms with Gasteiger partial charge in [0.1, 0.15) is 6.61 Å². The fourth-order valence-corrected chi connectivity index (χ4v) is 4.00. The van der Waals surface area contributed by atoms with Crippen molar-refractivity contribution in [3.05, 3.63) is 0 Å². The molecule has 0 radical (unpaired) electrons. The number of rotatable bonds is 2. The van der Waals surface area contributed by atoms with E-state index in [-0.39, 0.29) is 5.97 Å². The predicted molar refractivity (Wildman–Crippen MR) is 54.5 cm³/mol. The SMILES string of the molecule is CC(=O)OCC1CCSC(C)S1. The van der Waals surface area contributed by atoms with Crippen molar-refractivity contribution in [3.8, 4) is 0 Å². The van der Waals surface area contributed by atoms with Crippen molar-refractivity contribution >= 4 is 29.5 Å². The Bertz CT molecular complexity index is 161. The average Bonchev–Trinajstić information content (AvgIpc) is 2.01. The summed E-state index contributed by atoms with van der Waals surface area (Å²) in [6.07, 6.45) is 1.16. The predicted octanol–water partition coefficient (Wildman–Crippen LogP) is 2.13. The maximum atomic E-state index is 10.5. The molecule has 1 heterocycles. The molecule has 1 saturated heterocycles. The van der Waals surface area contributed by atoms with Gasteiger partial charge in [0.15, 0.2) is 0 Å². The van der Waals surface area contributed by atoms with Gasteiger partial charge in [0.05, 0.1) is 0 Å². The first kappa shape index (κ1) is 10.3. The maximum Gasteiger partial charge on any atom is 0.302 e. The quantitative estimate of drug-likeness (QED) is 0.647. The van der Waals surface area contributed by atoms with Crippen LogP contribution >= 0.6 is 23.5 Å². The first-order valence-corrected chi connectivity index (χ1v) is 6.08. The lowest BCUT2D eigenvalue weighted by Gasteiger charge is -2.25. The molecule has 4 heteroatoms. The van der Waals surface area contributed by atoms with E-state index >= 15 is 0 Å². The van der Waals surface area contributed by atoms with Gasteiger partial charge in [0, 0.05) is 16.8 Å². The van der Waals surface area contributed by atoms with Gasteiger partial charge in [-0.05, 0) is 19.1 Å². The molecule has 1 rings (SSSR count). The van der Waals surface area contributed by atoms with Crippen molar-refractivity contribution in [3.63, 3.8) is 0 Å². The molecule has 1 aliphatic rings. The van der Waals surface area contributed by atoms with E-state index in [4.69, 9.17) is 4.74 Å². The number of thioether (sulfide) groups is 2. The van der Waals surface area contributed by atoms with Crippen LogP contribution in [0.2, 0.25) is 0 Å². The van der Waals surface area contributed by atoms with Crippen LogP contribution in [0.25, 0.3) is 0 Å². The van der Waals surface area contributed by atoms with Crippen LogP contribution in [0.5, 0.6) is 0 Å². The zero-order chi connectivity index (χ0) is 8.97. The third-order valence-electron chi connectivity index (χ3n) is 1.65. The monoisotopic (exact) mass is 206 g/mol. The summed E-state index contributed by atoms with van der Waals surface area (Å²) in [6, 6.07) is 0. The summed E-state index contributed by atoms with van der Waals surface area (Å²) in [5.74, 6) is 1.03. The first-order valence-electron chi connectivity index (χ1n) is 4.09. The Balaban J connectivity index is 2.18. The number of esters is 1. The van der Waals surface area contributed by atoms with Crippen molar-refractivity contribution in [1.29, 1.82) is 0 Å². The summed E-state index contributed by atoms with van der Waals surface area (Å²) in [7, 11) is 0. The Morgan fingerprint density at radius 3 is 3.00 bits per heavy atom. The van der Waals surface area contributed by atoms with E-state index in [1.165, 1.54) is 12.7 Å². The molecule has 0 spiro atoms. The number of hydrogen-bond acceptors (Lipinski definition) is 4. The number of ether oxygens (including phenoxy) is 1. The molecule has 2 unspecified atom stereocenters. The summed E-state index contributed by atoms with van der Waals surface area (Å²) >= 11 is 3.89. The van der Waals surface area contributed by atoms with Crippen LogP contribution in [0.1, 0.15) is 20.3 Å². The molecule has 70 valence electrons. The zero-order valence-electron chi connectivity index (χ0n) is 7.41. The Hall–Kier alpha value is 0.170. The molecule has 0 amide bonds. The van der Waals surface area contributed by atoms with Crippen LogP contribution in [0, 0.1) is 0 Å². The van der Waals surface area contributed by atoms with E-state index in [0.29, 0.717) is 16.4 Å². The molecule has 2 atom stereocenters. The Morgan fingerprint density at radius 2 is 2.42 bits per heavy atom. The molecule has 12 heavy (non-hydrogen) atoms. The smallest absolute Gasteiger partial charge is 0.302 e. The van der Waals surface area contributed by atoms with Crippen LogP contribution in [-0.2, 0) is 9.53 Å². The molecule has 0 bridgehead atoms. The highest BCUT2D eigenvalue weighted by Gasteiger charge is 2.20. The van der Waals surface area contributed by atoms with Gasteiger partial charge in [-0.2, -0.15) is 0 Å². The fourth-order valence-electron chi connectivity index (χ4n) is 1.08. The highest BCUT2D eigenvalue weighted by atomic mass is 32.2. The summed E-state index contributed by atoms with van der Waals surface area (Å²) < 4.78 is 5.61. The number of hydrogen-bond donors (Lipinski definition) is 0. The van der Waals surface area contributed by atoms with Crippen LogP contribution in [0.15, 0.2) is 0 Å². The van der Waals surface area contributed by atoms with Crippen molar-refractivity contribution in [2.75, 3.05) is 12.4 Å². The van der Waals surface area contributed by atoms with Gasteiger partial charge in [-0.1, -0.05) is 0 Å². The van der Waals surface area contributed by atoms with Crippen LogP contribution in [0.4, 0.5) is 0 Å². The molecular formula is C8H14O2S2. The van der Waals surface area contributed by atoms with Gasteiger partial charge < -0.3 is 4.74 Å². The number of carbonyl (C=O) groups excluding carboxylic acids is 1. The van der Waals surface area contributed by atoms with Crippen LogP contribution < -0.4 is 0 Å². The van der Waals surface area contributed by atoms with Crippen molar-refractivity contribution in [2.45, 2.75) is 30.1 Å². The molecule has 0 aromatic rings. The molecule has 0 aromatic heterocycles. The molecule has 0 aromatic carbocycles.